The van der Waals surface area contributed by atoms with Gasteiger partial charge in [-0.2, -0.15) is 0 Å². The highest BCUT2D eigenvalue weighted by Gasteiger charge is 2.28. The Kier molecular flexibility index (Phi) is 5.43. The number of allylic oxidation sites excluding steroid dienone is 2. The summed E-state index contributed by atoms with van der Waals surface area (Å²) in [5.74, 6) is 1.08. The van der Waals surface area contributed by atoms with Gasteiger partial charge in [0.15, 0.2) is 0 Å². The van der Waals surface area contributed by atoms with Crippen LogP contribution in [0.1, 0.15) is 60.3 Å². The molecule has 0 aromatic heterocycles. The first kappa shape index (κ1) is 15.3. The van der Waals surface area contributed by atoms with Crippen LogP contribution in [0.3, 0.4) is 0 Å². The summed E-state index contributed by atoms with van der Waals surface area (Å²) in [6, 6.07) is 0. The maximum absolute atomic E-state index is 11.9. The van der Waals surface area contributed by atoms with Gasteiger partial charge in [0.05, 0.1) is 12.0 Å². The highest BCUT2D eigenvalue weighted by Crippen LogP contribution is 2.30. The molecule has 18 heavy (non-hydrogen) atoms. The molecule has 2 atom stereocenters. The van der Waals surface area contributed by atoms with E-state index in [1.807, 2.05) is 20.8 Å². The quantitative estimate of drug-likeness (QED) is 0.537. The summed E-state index contributed by atoms with van der Waals surface area (Å²) in [5, 5.41) is 0. The summed E-state index contributed by atoms with van der Waals surface area (Å²) in [5.41, 5.74) is 1.16. The van der Waals surface area contributed by atoms with Crippen molar-refractivity contribution in [3.8, 4) is 0 Å². The van der Waals surface area contributed by atoms with Crippen LogP contribution in [0.15, 0.2) is 11.6 Å². The molecular weight excluding hydrogens is 224 g/mol. The molecule has 104 valence electrons. The molecule has 0 saturated heterocycles. The monoisotopic (exact) mass is 252 g/mol. The first-order chi connectivity index (χ1) is 8.36. The Morgan fingerprint density at radius 2 is 2.22 bits per heavy atom. The molecule has 0 aliphatic heterocycles. The molecule has 0 aromatic carbocycles. The number of esters is 1. The second-order valence-corrected chi connectivity index (χ2v) is 6.40. The van der Waals surface area contributed by atoms with Crippen molar-refractivity contribution in [3.63, 3.8) is 0 Å². The normalized spacial score (nSPS) is 22.3. The van der Waals surface area contributed by atoms with E-state index < -0.39 is 0 Å². The van der Waals surface area contributed by atoms with Gasteiger partial charge in [0, 0.05) is 0 Å². The lowest BCUT2D eigenvalue weighted by atomic mass is 9.82. The summed E-state index contributed by atoms with van der Waals surface area (Å²) in [6.45, 7) is 10.9. The molecule has 1 aliphatic rings. The smallest absolute Gasteiger partial charge is 0.311 e. The maximum Gasteiger partial charge on any atom is 0.311 e. The van der Waals surface area contributed by atoms with Gasteiger partial charge in [-0.25, -0.2) is 0 Å². The van der Waals surface area contributed by atoms with Crippen LogP contribution in [-0.2, 0) is 9.53 Å². The molecule has 0 amide bonds. The van der Waals surface area contributed by atoms with Crippen LogP contribution in [0.25, 0.3) is 0 Å². The SMILES string of the molecule is CCC(C)(C)C(=O)OCC(C)[C@@H]1CC=C(C)CC1. The van der Waals surface area contributed by atoms with E-state index in [0.717, 1.165) is 12.8 Å². The highest BCUT2D eigenvalue weighted by molar-refractivity contribution is 5.75. The number of hydrogen-bond donors (Lipinski definition) is 0. The van der Waals surface area contributed by atoms with E-state index in [2.05, 4.69) is 19.9 Å². The van der Waals surface area contributed by atoms with Gasteiger partial charge in [0.2, 0.25) is 0 Å². The summed E-state index contributed by atoms with van der Waals surface area (Å²) in [7, 11) is 0. The Morgan fingerprint density at radius 1 is 1.56 bits per heavy atom. The number of rotatable bonds is 5. The third-order valence-corrected chi connectivity index (χ3v) is 4.40. The molecule has 0 saturated carbocycles. The molecule has 0 bridgehead atoms. The molecule has 0 aromatic rings. The molecule has 1 aliphatic carbocycles. The zero-order chi connectivity index (χ0) is 13.8. The summed E-state index contributed by atoms with van der Waals surface area (Å²) in [6.07, 6.45) is 6.73. The average molecular weight is 252 g/mol. The van der Waals surface area contributed by atoms with Crippen molar-refractivity contribution in [2.24, 2.45) is 17.3 Å². The minimum Gasteiger partial charge on any atom is -0.465 e. The molecule has 0 radical (unpaired) electrons. The van der Waals surface area contributed by atoms with Crippen LogP contribution in [0.5, 0.6) is 0 Å². The van der Waals surface area contributed by atoms with Crippen LogP contribution in [-0.4, -0.2) is 12.6 Å². The van der Waals surface area contributed by atoms with Gasteiger partial charge >= 0.3 is 5.97 Å². The minimum absolute atomic E-state index is 0.0561. The van der Waals surface area contributed by atoms with Gasteiger partial charge in [-0.1, -0.05) is 25.5 Å². The lowest BCUT2D eigenvalue weighted by molar-refractivity contribution is -0.156. The van der Waals surface area contributed by atoms with E-state index in [9.17, 15) is 4.79 Å². The van der Waals surface area contributed by atoms with Crippen molar-refractivity contribution < 1.29 is 9.53 Å². The van der Waals surface area contributed by atoms with E-state index in [0.29, 0.717) is 18.4 Å². The fourth-order valence-corrected chi connectivity index (χ4v) is 2.19. The van der Waals surface area contributed by atoms with Gasteiger partial charge in [-0.3, -0.25) is 4.79 Å². The first-order valence-electron chi connectivity index (χ1n) is 7.19. The highest BCUT2D eigenvalue weighted by atomic mass is 16.5. The predicted molar refractivity (Wildman–Crippen MR) is 75.3 cm³/mol. The van der Waals surface area contributed by atoms with Crippen molar-refractivity contribution in [2.45, 2.75) is 60.3 Å². The molecule has 0 N–H and O–H groups in total. The van der Waals surface area contributed by atoms with Crippen molar-refractivity contribution in [1.82, 2.24) is 0 Å². The van der Waals surface area contributed by atoms with E-state index >= 15 is 0 Å². The van der Waals surface area contributed by atoms with Gasteiger partial charge < -0.3 is 4.74 Å². The predicted octanol–water partition coefficient (Wildman–Crippen LogP) is 4.35. The van der Waals surface area contributed by atoms with Gasteiger partial charge in [0.25, 0.3) is 0 Å². The number of carbonyl (C=O) groups is 1. The van der Waals surface area contributed by atoms with Crippen molar-refractivity contribution >= 4 is 5.97 Å². The zero-order valence-electron chi connectivity index (χ0n) is 12.6. The second kappa shape index (κ2) is 6.40. The van der Waals surface area contributed by atoms with Crippen LogP contribution in [0, 0.1) is 17.3 Å². The topological polar surface area (TPSA) is 26.3 Å². The molecular formula is C16H28O2. The standard InChI is InChI=1S/C16H28O2/c1-6-16(4,5)15(17)18-11-13(3)14-9-7-12(2)8-10-14/h7,13-14H,6,8-11H2,1-5H3/t13?,14-/m1/s1. The third kappa shape index (κ3) is 4.15. The first-order valence-corrected chi connectivity index (χ1v) is 7.19. The molecule has 2 nitrogen and oxygen atoms in total. The Labute approximate surface area is 112 Å². The molecule has 1 rings (SSSR count). The van der Waals surface area contributed by atoms with Gasteiger partial charge in [0.1, 0.15) is 0 Å². The lowest BCUT2D eigenvalue weighted by Gasteiger charge is -2.28. The maximum atomic E-state index is 11.9. The molecule has 0 spiro atoms. The number of ether oxygens (including phenoxy) is 1. The lowest BCUT2D eigenvalue weighted by Crippen LogP contribution is -2.29. The number of hydrogen-bond acceptors (Lipinski definition) is 2. The third-order valence-electron chi connectivity index (χ3n) is 4.40. The van der Waals surface area contributed by atoms with Crippen LogP contribution in [0.2, 0.25) is 0 Å². The van der Waals surface area contributed by atoms with Crippen molar-refractivity contribution in [3.05, 3.63) is 11.6 Å². The van der Waals surface area contributed by atoms with E-state index in [1.165, 1.54) is 18.4 Å². The summed E-state index contributed by atoms with van der Waals surface area (Å²) >= 11 is 0. The fraction of sp³-hybridized carbons (Fsp3) is 0.812. The summed E-state index contributed by atoms with van der Waals surface area (Å²) in [4.78, 5) is 11.9. The molecule has 0 fully saturated rings. The summed E-state index contributed by atoms with van der Waals surface area (Å²) < 4.78 is 5.48. The number of carbonyl (C=O) groups excluding carboxylic acids is 1. The molecule has 0 heterocycles. The van der Waals surface area contributed by atoms with E-state index in [1.54, 1.807) is 0 Å². The van der Waals surface area contributed by atoms with Crippen LogP contribution < -0.4 is 0 Å². The zero-order valence-corrected chi connectivity index (χ0v) is 12.6. The average Bonchev–Trinajstić information content (AvgIpc) is 2.36. The van der Waals surface area contributed by atoms with Gasteiger partial charge in [-0.15, -0.1) is 0 Å². The van der Waals surface area contributed by atoms with E-state index in [-0.39, 0.29) is 11.4 Å². The molecule has 2 heteroatoms. The van der Waals surface area contributed by atoms with Crippen molar-refractivity contribution in [2.75, 3.05) is 6.61 Å². The minimum atomic E-state index is -0.344. The van der Waals surface area contributed by atoms with E-state index in [4.69, 9.17) is 4.74 Å². The fourth-order valence-electron chi connectivity index (χ4n) is 2.19. The Hall–Kier alpha value is -0.790. The Bertz CT molecular complexity index is 315. The Balaban J connectivity index is 2.38. The molecule has 1 unspecified atom stereocenters. The second-order valence-electron chi connectivity index (χ2n) is 6.40. The van der Waals surface area contributed by atoms with Crippen molar-refractivity contribution in [1.29, 1.82) is 0 Å². The van der Waals surface area contributed by atoms with Crippen LogP contribution in [0.4, 0.5) is 0 Å². The Morgan fingerprint density at radius 3 is 2.72 bits per heavy atom. The largest absolute Gasteiger partial charge is 0.465 e. The van der Waals surface area contributed by atoms with Crippen LogP contribution >= 0.6 is 0 Å². The van der Waals surface area contributed by atoms with Gasteiger partial charge in [-0.05, 0) is 58.3 Å².